The van der Waals surface area contributed by atoms with E-state index < -0.39 is 44.7 Å². The maximum atomic E-state index is 11.7. The molecule has 194 valence electrons. The van der Waals surface area contributed by atoms with Gasteiger partial charge in [0, 0.05) is 23.5 Å². The Morgan fingerprint density at radius 2 is 1.70 bits per heavy atom. The fraction of sp³-hybridized carbons (Fsp3) is 0.773. The van der Waals surface area contributed by atoms with Gasteiger partial charge in [-0.15, -0.1) is 0 Å². The fourth-order valence-electron chi connectivity index (χ4n) is 2.83. The Labute approximate surface area is 197 Å². The van der Waals surface area contributed by atoms with Crippen LogP contribution < -0.4 is 5.73 Å². The largest absolute Gasteiger partial charge is 0.398 e. The molecule has 0 amide bonds. The van der Waals surface area contributed by atoms with Crippen molar-refractivity contribution in [3.8, 4) is 0 Å². The number of nitrogens with two attached hydrogens (primary N) is 1. The average Bonchev–Trinajstić information content (AvgIpc) is 2.76. The molecule has 0 spiro atoms. The van der Waals surface area contributed by atoms with Crippen molar-refractivity contribution in [3.05, 3.63) is 23.5 Å². The van der Waals surface area contributed by atoms with Crippen molar-refractivity contribution in [2.45, 2.75) is 85.1 Å². The third-order valence-electron chi connectivity index (χ3n) is 5.00. The van der Waals surface area contributed by atoms with Crippen LogP contribution in [-0.2, 0) is 24.8 Å². The molecule has 0 saturated carbocycles. The van der Waals surface area contributed by atoms with Crippen molar-refractivity contribution in [1.82, 2.24) is 4.98 Å². The van der Waals surface area contributed by atoms with Gasteiger partial charge in [0.1, 0.15) is 12.2 Å². The summed E-state index contributed by atoms with van der Waals surface area (Å²) in [4.78, 5) is 4.13. The number of nitrogen functional groups attached to an aromatic ring is 1. The monoisotopic (exact) mass is 494 g/mol. The standard InChI is InChI=1S/C8H12N2.C7H14O5.C7H17O3P/c1-3-7-5-10-6(2)4-8(7)9;1-3-5(9)6(10)4(2-8)12-7(3)11;1-5-9-11(8,7(3)4)10-6-2/h4-5H,3H2,1-2H3,(H2,9,10);3-11H,2H2,1H3;7H,5-6H2,1-4H3/t;3?,4?,5-,6+,7-;/m.0./s1. The van der Waals surface area contributed by atoms with Gasteiger partial charge in [-0.25, -0.2) is 0 Å². The first-order valence-electron chi connectivity index (χ1n) is 11.3. The lowest BCUT2D eigenvalue weighted by Crippen LogP contribution is -2.54. The smallest absolute Gasteiger partial charge is 0.333 e. The molecule has 2 heterocycles. The van der Waals surface area contributed by atoms with Crippen LogP contribution in [0.3, 0.4) is 0 Å². The molecule has 6 N–H and O–H groups in total. The Balaban J connectivity index is 0.000000467. The molecule has 0 aliphatic carbocycles. The van der Waals surface area contributed by atoms with Crippen LogP contribution in [0.2, 0.25) is 0 Å². The number of aliphatic hydroxyl groups excluding tert-OH is 4. The Kier molecular flexibility index (Phi) is 15.2. The van der Waals surface area contributed by atoms with Gasteiger partial charge in [-0.1, -0.05) is 27.7 Å². The molecule has 1 aromatic heterocycles. The number of rotatable bonds is 7. The zero-order valence-electron chi connectivity index (χ0n) is 20.8. The van der Waals surface area contributed by atoms with Gasteiger partial charge in [0.15, 0.2) is 6.29 Å². The molecule has 2 unspecified atom stereocenters. The number of nitrogens with zero attached hydrogens (tertiary/aromatic N) is 1. The Hall–Kier alpha value is -1.10. The quantitative estimate of drug-likeness (QED) is 0.355. The minimum absolute atomic E-state index is 0.0533. The van der Waals surface area contributed by atoms with Gasteiger partial charge in [-0.05, 0) is 38.8 Å². The van der Waals surface area contributed by atoms with Gasteiger partial charge in [0.05, 0.1) is 31.6 Å². The molecule has 0 radical (unpaired) electrons. The molecule has 1 fully saturated rings. The first kappa shape index (κ1) is 31.9. The highest BCUT2D eigenvalue weighted by Gasteiger charge is 2.40. The first-order chi connectivity index (χ1) is 15.4. The van der Waals surface area contributed by atoms with E-state index in [1.54, 1.807) is 6.92 Å². The van der Waals surface area contributed by atoms with Crippen LogP contribution in [0.5, 0.6) is 0 Å². The van der Waals surface area contributed by atoms with Crippen molar-refractivity contribution >= 4 is 13.3 Å². The van der Waals surface area contributed by atoms with Crippen molar-refractivity contribution in [2.75, 3.05) is 25.6 Å². The maximum absolute atomic E-state index is 11.7. The lowest BCUT2D eigenvalue weighted by Gasteiger charge is -2.38. The predicted octanol–water partition coefficient (Wildman–Crippen LogP) is 2.25. The second-order valence-electron chi connectivity index (χ2n) is 7.94. The molecule has 33 heavy (non-hydrogen) atoms. The van der Waals surface area contributed by atoms with Crippen LogP contribution >= 0.6 is 7.60 Å². The van der Waals surface area contributed by atoms with E-state index in [2.05, 4.69) is 11.9 Å². The summed E-state index contributed by atoms with van der Waals surface area (Å²) in [5.41, 5.74) is 8.61. The molecule has 5 atom stereocenters. The SMILES string of the molecule is CC1[C@@H](O)OC(CO)[C@@H](O)[C@H]1O.CCOP(=O)(OCC)C(C)C.CCc1cnc(C)cc1N. The van der Waals surface area contributed by atoms with E-state index in [1.807, 2.05) is 46.9 Å². The molecule has 10 nitrogen and oxygen atoms in total. The highest BCUT2D eigenvalue weighted by Crippen LogP contribution is 2.52. The van der Waals surface area contributed by atoms with Crippen molar-refractivity contribution in [3.63, 3.8) is 0 Å². The summed E-state index contributed by atoms with van der Waals surface area (Å²) in [6, 6.07) is 1.90. The van der Waals surface area contributed by atoms with Crippen LogP contribution in [-0.4, -0.2) is 75.5 Å². The van der Waals surface area contributed by atoms with E-state index in [1.165, 1.54) is 0 Å². The van der Waals surface area contributed by atoms with E-state index in [9.17, 15) is 14.8 Å². The van der Waals surface area contributed by atoms with Crippen molar-refractivity contribution < 1.29 is 38.8 Å². The predicted molar refractivity (Wildman–Crippen MR) is 128 cm³/mol. The fourth-order valence-corrected chi connectivity index (χ4v) is 4.22. The van der Waals surface area contributed by atoms with Crippen LogP contribution in [0.4, 0.5) is 5.69 Å². The molecule has 0 aromatic carbocycles. The number of hydrogen-bond donors (Lipinski definition) is 5. The summed E-state index contributed by atoms with van der Waals surface area (Å²) in [5.74, 6) is -0.539. The highest BCUT2D eigenvalue weighted by atomic mass is 31.2. The first-order valence-corrected chi connectivity index (χ1v) is 12.9. The minimum atomic E-state index is -2.79. The molecule has 1 aliphatic rings. The normalized spacial score (nSPS) is 25.0. The van der Waals surface area contributed by atoms with E-state index in [0.717, 1.165) is 23.4 Å². The molecular formula is C22H43N2O8P. The molecule has 0 bridgehead atoms. The molecule has 1 aliphatic heterocycles. The third-order valence-corrected chi connectivity index (χ3v) is 7.51. The molecule has 1 aromatic rings. The van der Waals surface area contributed by atoms with Crippen molar-refractivity contribution in [1.29, 1.82) is 0 Å². The summed E-state index contributed by atoms with van der Waals surface area (Å²) in [5, 5.41) is 36.4. The van der Waals surface area contributed by atoms with Gasteiger partial charge in [0.25, 0.3) is 0 Å². The van der Waals surface area contributed by atoms with E-state index >= 15 is 0 Å². The minimum Gasteiger partial charge on any atom is -0.398 e. The number of ether oxygens (including phenoxy) is 1. The number of aromatic nitrogens is 1. The number of pyridine rings is 1. The van der Waals surface area contributed by atoms with Gasteiger partial charge in [-0.2, -0.15) is 0 Å². The van der Waals surface area contributed by atoms with E-state index in [-0.39, 0.29) is 5.66 Å². The lowest BCUT2D eigenvalue weighted by molar-refractivity contribution is -0.266. The second kappa shape index (κ2) is 15.7. The van der Waals surface area contributed by atoms with E-state index in [4.69, 9.17) is 29.7 Å². The summed E-state index contributed by atoms with van der Waals surface area (Å²) in [6.07, 6.45) is -1.41. The molecule has 1 saturated heterocycles. The Bertz CT molecular complexity index is 707. The summed E-state index contributed by atoms with van der Waals surface area (Å²) in [6.45, 7) is 13.3. The van der Waals surface area contributed by atoms with Crippen molar-refractivity contribution in [2.24, 2.45) is 5.92 Å². The average molecular weight is 495 g/mol. The maximum Gasteiger partial charge on any atom is 0.333 e. The van der Waals surface area contributed by atoms with Gasteiger partial charge in [-0.3, -0.25) is 9.55 Å². The number of hydrogen-bond acceptors (Lipinski definition) is 10. The topological polar surface area (TPSA) is 165 Å². The number of anilines is 1. The van der Waals surface area contributed by atoms with Crippen LogP contribution in [0.25, 0.3) is 0 Å². The molecule has 11 heteroatoms. The lowest BCUT2D eigenvalue weighted by atomic mass is 9.93. The molecular weight excluding hydrogens is 451 g/mol. The summed E-state index contributed by atoms with van der Waals surface area (Å²) >= 11 is 0. The number of aliphatic hydroxyl groups is 4. The van der Waals surface area contributed by atoms with Crippen LogP contribution in [0.1, 0.15) is 52.8 Å². The van der Waals surface area contributed by atoms with Crippen LogP contribution in [0.15, 0.2) is 12.3 Å². The summed E-state index contributed by atoms with van der Waals surface area (Å²) < 4.78 is 26.6. The Morgan fingerprint density at radius 3 is 2.09 bits per heavy atom. The van der Waals surface area contributed by atoms with Gasteiger partial charge < -0.3 is 39.9 Å². The highest BCUT2D eigenvalue weighted by molar-refractivity contribution is 7.54. The third kappa shape index (κ3) is 10.4. The zero-order chi connectivity index (χ0) is 25.8. The number of aryl methyl sites for hydroxylation is 2. The Morgan fingerprint density at radius 1 is 1.15 bits per heavy atom. The van der Waals surface area contributed by atoms with Crippen LogP contribution in [0, 0.1) is 12.8 Å². The van der Waals surface area contributed by atoms with Gasteiger partial charge in [0.2, 0.25) is 0 Å². The summed E-state index contributed by atoms with van der Waals surface area (Å²) in [7, 11) is -2.79. The van der Waals surface area contributed by atoms with Gasteiger partial charge >= 0.3 is 7.60 Å². The van der Waals surface area contributed by atoms with E-state index in [0.29, 0.717) is 13.2 Å². The molecule has 2 rings (SSSR count). The second-order valence-corrected chi connectivity index (χ2v) is 10.6. The zero-order valence-corrected chi connectivity index (χ0v) is 21.7.